The van der Waals surface area contributed by atoms with Crippen LogP contribution in [0, 0.1) is 0 Å². The summed E-state index contributed by atoms with van der Waals surface area (Å²) < 4.78 is 11.5. The van der Waals surface area contributed by atoms with E-state index in [1.807, 2.05) is 73.4 Å². The summed E-state index contributed by atoms with van der Waals surface area (Å²) in [4.78, 5) is 27.9. The summed E-state index contributed by atoms with van der Waals surface area (Å²) in [6.07, 6.45) is 7.57. The molecular weight excluding hydrogens is 572 g/mol. The van der Waals surface area contributed by atoms with Crippen LogP contribution in [0.2, 0.25) is 0 Å². The molecule has 0 fully saturated rings. The Balaban J connectivity index is 1.07. The molecule has 0 amide bonds. The van der Waals surface area contributed by atoms with Crippen LogP contribution in [0.15, 0.2) is 105 Å². The van der Waals surface area contributed by atoms with Gasteiger partial charge in [0.1, 0.15) is 0 Å². The third kappa shape index (κ3) is 7.37. The smallest absolute Gasteiger partial charge is 0.0710 e. The minimum atomic E-state index is 0.545. The van der Waals surface area contributed by atoms with Crippen molar-refractivity contribution < 1.29 is 9.47 Å². The van der Waals surface area contributed by atoms with E-state index in [1.165, 1.54) is 0 Å². The Morgan fingerprint density at radius 3 is 0.913 bits per heavy atom. The summed E-state index contributed by atoms with van der Waals surface area (Å²) in [5, 5.41) is 4.30. The first kappa shape index (κ1) is 29.5. The summed E-state index contributed by atoms with van der Waals surface area (Å²) >= 11 is 0. The van der Waals surface area contributed by atoms with Gasteiger partial charge in [0.25, 0.3) is 0 Å². The first-order valence-corrected chi connectivity index (χ1v) is 15.6. The molecule has 0 N–H and O–H groups in total. The minimum Gasteiger partial charge on any atom is -0.378 e. The molecule has 8 bridgehead atoms. The zero-order valence-corrected chi connectivity index (χ0v) is 25.5. The molecule has 2 aromatic heterocycles. The molecule has 46 heavy (non-hydrogen) atoms. The van der Waals surface area contributed by atoms with Crippen molar-refractivity contribution in [2.75, 3.05) is 52.6 Å². The van der Waals surface area contributed by atoms with Crippen LogP contribution < -0.4 is 0 Å². The van der Waals surface area contributed by atoms with E-state index >= 15 is 0 Å². The third-order valence-electron chi connectivity index (χ3n) is 7.73. The fourth-order valence-electron chi connectivity index (χ4n) is 5.43. The quantitative estimate of drug-likeness (QED) is 0.184. The van der Waals surface area contributed by atoms with Crippen LogP contribution in [0.25, 0.3) is 43.6 Å². The molecule has 0 aliphatic carbocycles. The Labute approximate surface area is 267 Å². The molecule has 0 saturated carbocycles. The molecule has 1 aliphatic heterocycles. The number of aliphatic imine (C=N–C) groups is 4. The van der Waals surface area contributed by atoms with Crippen molar-refractivity contribution in [3.63, 3.8) is 0 Å². The van der Waals surface area contributed by atoms with Gasteiger partial charge in [-0.2, -0.15) is 0 Å². The number of nitrogens with zero attached hydrogens (tertiary/aromatic N) is 6. The number of hydrogen-bond donors (Lipinski definition) is 0. The number of hydrogen-bond acceptors (Lipinski definition) is 8. The van der Waals surface area contributed by atoms with E-state index < -0.39 is 0 Å². The average Bonchev–Trinajstić information content (AvgIpc) is 3.07. The second kappa shape index (κ2) is 14.3. The fraction of sp³-hybridized carbons (Fsp3) is 0.211. The van der Waals surface area contributed by atoms with Crippen molar-refractivity contribution in [1.29, 1.82) is 0 Å². The predicted molar refractivity (Wildman–Crippen MR) is 190 cm³/mol. The minimum absolute atomic E-state index is 0.545. The summed E-state index contributed by atoms with van der Waals surface area (Å²) in [5.74, 6) is 0. The summed E-state index contributed by atoms with van der Waals surface area (Å²) in [6.45, 7) is 4.53. The van der Waals surface area contributed by atoms with Crippen molar-refractivity contribution in [3.8, 4) is 0 Å². The van der Waals surface area contributed by atoms with Gasteiger partial charge < -0.3 is 9.47 Å². The molecule has 0 atom stereocenters. The zero-order chi connectivity index (χ0) is 31.0. The maximum absolute atomic E-state index is 5.76. The predicted octanol–water partition coefficient (Wildman–Crippen LogP) is 6.51. The number of pyridine rings is 2. The van der Waals surface area contributed by atoms with E-state index in [-0.39, 0.29) is 0 Å². The Hall–Kier alpha value is -5.18. The standard InChI is InChI=1S/C38H34N6O2/c1-5-35-31-17-27(1)23-39-9-13-45-14-10-40-25-29-3-7-37-33(19-29)22-34-20-30(4-8-38(34)44-37)26-42-12-16-46-15-11-41-24-28-2-6-36(43-35)32(18-28)21-31/h1-8,17-26H,9-16H2. The van der Waals surface area contributed by atoms with E-state index in [4.69, 9.17) is 19.4 Å². The largest absolute Gasteiger partial charge is 0.378 e. The molecular formula is C38H34N6O2. The van der Waals surface area contributed by atoms with Crippen molar-refractivity contribution in [1.82, 2.24) is 9.97 Å². The van der Waals surface area contributed by atoms with E-state index in [0.717, 1.165) is 65.9 Å². The molecule has 1 aliphatic rings. The van der Waals surface area contributed by atoms with Gasteiger partial charge in [-0.05, 0) is 82.9 Å². The second-order valence-corrected chi connectivity index (χ2v) is 11.2. The lowest BCUT2D eigenvalue weighted by atomic mass is 10.1. The van der Waals surface area contributed by atoms with Gasteiger partial charge in [-0.1, -0.05) is 24.3 Å². The molecule has 0 unspecified atom stereocenters. The van der Waals surface area contributed by atoms with Gasteiger partial charge in [0.2, 0.25) is 0 Å². The van der Waals surface area contributed by atoms with Gasteiger partial charge in [-0.15, -0.1) is 0 Å². The highest BCUT2D eigenvalue weighted by Gasteiger charge is 2.04. The van der Waals surface area contributed by atoms with E-state index in [2.05, 4.69) is 56.4 Å². The lowest BCUT2D eigenvalue weighted by Crippen LogP contribution is -2.03. The van der Waals surface area contributed by atoms with Crippen LogP contribution in [-0.4, -0.2) is 87.4 Å². The van der Waals surface area contributed by atoms with Gasteiger partial charge in [0, 0.05) is 46.4 Å². The van der Waals surface area contributed by atoms with Gasteiger partial charge in [-0.25, -0.2) is 9.97 Å². The van der Waals surface area contributed by atoms with Crippen LogP contribution in [0.5, 0.6) is 0 Å². The van der Waals surface area contributed by atoms with Crippen molar-refractivity contribution >= 4 is 68.5 Å². The van der Waals surface area contributed by atoms with Crippen LogP contribution in [-0.2, 0) is 9.47 Å². The lowest BCUT2D eigenvalue weighted by molar-refractivity contribution is 0.150. The molecule has 0 spiro atoms. The number of rotatable bonds is 0. The molecule has 4 aromatic carbocycles. The molecule has 3 heterocycles. The highest BCUT2D eigenvalue weighted by atomic mass is 16.5. The number of fused-ring (bicyclic) bond motifs is 4. The molecule has 8 heteroatoms. The molecule has 228 valence electrons. The summed E-state index contributed by atoms with van der Waals surface area (Å²) in [7, 11) is 0. The monoisotopic (exact) mass is 606 g/mol. The van der Waals surface area contributed by atoms with Gasteiger partial charge in [0.15, 0.2) is 0 Å². The molecule has 7 rings (SSSR count). The number of ether oxygens (including phenoxy) is 2. The third-order valence-corrected chi connectivity index (χ3v) is 7.73. The van der Waals surface area contributed by atoms with Gasteiger partial charge in [0.05, 0.1) is 74.7 Å². The van der Waals surface area contributed by atoms with Crippen LogP contribution in [0.3, 0.4) is 0 Å². The maximum atomic E-state index is 5.76. The first-order chi connectivity index (χ1) is 22.8. The van der Waals surface area contributed by atoms with Crippen LogP contribution in [0.4, 0.5) is 0 Å². The number of aromatic nitrogens is 2. The summed E-state index contributed by atoms with van der Waals surface area (Å²) in [5.41, 5.74) is 7.97. The Bertz CT molecular complexity index is 1840. The van der Waals surface area contributed by atoms with E-state index in [0.29, 0.717) is 52.6 Å². The van der Waals surface area contributed by atoms with Crippen molar-refractivity contribution in [3.05, 3.63) is 107 Å². The van der Waals surface area contributed by atoms with Gasteiger partial charge >= 0.3 is 0 Å². The van der Waals surface area contributed by atoms with E-state index in [9.17, 15) is 0 Å². The Morgan fingerprint density at radius 1 is 0.348 bits per heavy atom. The van der Waals surface area contributed by atoms with Crippen molar-refractivity contribution in [2.45, 2.75) is 0 Å². The lowest BCUT2D eigenvalue weighted by Gasteiger charge is -2.05. The van der Waals surface area contributed by atoms with E-state index in [1.54, 1.807) is 0 Å². The molecule has 6 aromatic rings. The highest BCUT2D eigenvalue weighted by Crippen LogP contribution is 2.23. The Morgan fingerprint density at radius 2 is 0.630 bits per heavy atom. The Kier molecular flexibility index (Phi) is 9.17. The SMILES string of the molecule is C1=NCCOCCN=Cc2ccc3nc4ccc(cc4cc3c2)C=NCCOCCN=Cc2ccc3nc4ccc1cc4cc3c2. The maximum Gasteiger partial charge on any atom is 0.0710 e. The fourth-order valence-corrected chi connectivity index (χ4v) is 5.43. The normalized spacial score (nSPS) is 15.5. The first-order valence-electron chi connectivity index (χ1n) is 15.6. The van der Waals surface area contributed by atoms with Crippen molar-refractivity contribution in [2.24, 2.45) is 20.0 Å². The molecule has 8 nitrogen and oxygen atoms in total. The zero-order valence-electron chi connectivity index (χ0n) is 25.5. The van der Waals surface area contributed by atoms with Crippen LogP contribution >= 0.6 is 0 Å². The summed E-state index contributed by atoms with van der Waals surface area (Å²) in [6, 6.07) is 29.2. The number of benzene rings is 4. The topological polar surface area (TPSA) is 93.7 Å². The second-order valence-electron chi connectivity index (χ2n) is 11.2. The molecule has 0 saturated heterocycles. The van der Waals surface area contributed by atoms with Gasteiger partial charge in [-0.3, -0.25) is 20.0 Å². The average molecular weight is 607 g/mol. The molecule has 0 radical (unpaired) electrons. The highest BCUT2D eigenvalue weighted by molar-refractivity contribution is 5.99. The van der Waals surface area contributed by atoms with Crippen LogP contribution in [0.1, 0.15) is 22.3 Å².